The topological polar surface area (TPSA) is 69.8 Å². The van der Waals surface area contributed by atoms with E-state index in [1.54, 1.807) is 0 Å². The molecule has 0 aliphatic rings. The Kier molecular flexibility index (Phi) is 5.14. The van der Waals surface area contributed by atoms with E-state index in [9.17, 15) is 4.79 Å². The molecular formula is C27H22N4O. The number of fused-ring (bicyclic) bond motifs is 1. The summed E-state index contributed by atoms with van der Waals surface area (Å²) in [5.41, 5.74) is 7.76. The van der Waals surface area contributed by atoms with Gasteiger partial charge in [0.15, 0.2) is 0 Å². The van der Waals surface area contributed by atoms with Crippen molar-refractivity contribution in [2.45, 2.75) is 6.92 Å². The van der Waals surface area contributed by atoms with Crippen LogP contribution in [0.1, 0.15) is 5.56 Å². The molecule has 5 heteroatoms. The first-order valence-corrected chi connectivity index (χ1v) is 10.4. The van der Waals surface area contributed by atoms with Gasteiger partial charge in [0, 0.05) is 22.3 Å². The van der Waals surface area contributed by atoms with Crippen LogP contribution in [0.2, 0.25) is 0 Å². The van der Waals surface area contributed by atoms with Crippen molar-refractivity contribution in [2.75, 3.05) is 10.6 Å². The Balaban J connectivity index is 1.32. The summed E-state index contributed by atoms with van der Waals surface area (Å²) in [7, 11) is 0. The number of aromatic nitrogens is 2. The van der Waals surface area contributed by atoms with Crippen molar-refractivity contribution in [3.8, 4) is 22.4 Å². The predicted molar refractivity (Wildman–Crippen MR) is 131 cm³/mol. The summed E-state index contributed by atoms with van der Waals surface area (Å²) in [6, 6.07) is 31.7. The number of nitrogens with one attached hydrogen (secondary N) is 3. The molecule has 3 N–H and O–H groups in total. The fourth-order valence-electron chi connectivity index (χ4n) is 3.78. The third-order valence-electron chi connectivity index (χ3n) is 5.36. The van der Waals surface area contributed by atoms with Gasteiger partial charge in [-0.1, -0.05) is 60.7 Å². The van der Waals surface area contributed by atoms with Crippen LogP contribution in [0.5, 0.6) is 0 Å². The summed E-state index contributed by atoms with van der Waals surface area (Å²) in [6.07, 6.45) is 0. The monoisotopic (exact) mass is 418 g/mol. The highest BCUT2D eigenvalue weighted by Crippen LogP contribution is 2.30. The maximum Gasteiger partial charge on any atom is 0.323 e. The van der Waals surface area contributed by atoms with Crippen LogP contribution in [0.4, 0.5) is 16.2 Å². The molecule has 0 fully saturated rings. The van der Waals surface area contributed by atoms with Crippen molar-refractivity contribution in [1.29, 1.82) is 0 Å². The maximum absolute atomic E-state index is 12.3. The number of carbonyl (C=O) groups is 1. The Hall–Kier alpha value is -4.38. The van der Waals surface area contributed by atoms with Crippen LogP contribution in [0.3, 0.4) is 0 Å². The highest BCUT2D eigenvalue weighted by molar-refractivity contribution is 6.00. The summed E-state index contributed by atoms with van der Waals surface area (Å²) in [5, 5.41) is 14.5. The number of rotatable bonds is 4. The van der Waals surface area contributed by atoms with E-state index in [4.69, 9.17) is 0 Å². The van der Waals surface area contributed by atoms with E-state index in [1.165, 1.54) is 0 Å². The van der Waals surface area contributed by atoms with Crippen LogP contribution in [-0.2, 0) is 0 Å². The lowest BCUT2D eigenvalue weighted by Gasteiger charge is -2.09. The third kappa shape index (κ3) is 4.09. The van der Waals surface area contributed by atoms with Gasteiger partial charge in [-0.25, -0.2) is 4.79 Å². The van der Waals surface area contributed by atoms with Gasteiger partial charge in [0.25, 0.3) is 0 Å². The minimum Gasteiger partial charge on any atom is -0.308 e. The zero-order valence-corrected chi connectivity index (χ0v) is 17.6. The largest absolute Gasteiger partial charge is 0.323 e. The number of benzene rings is 4. The number of amides is 2. The van der Waals surface area contributed by atoms with E-state index in [1.807, 2.05) is 73.7 Å². The van der Waals surface area contributed by atoms with E-state index < -0.39 is 0 Å². The number of carbonyl (C=O) groups excluding carboxylic acids is 1. The van der Waals surface area contributed by atoms with Crippen LogP contribution < -0.4 is 10.6 Å². The van der Waals surface area contributed by atoms with E-state index in [-0.39, 0.29) is 6.03 Å². The molecule has 2 amide bonds. The molecule has 0 radical (unpaired) electrons. The second-order valence-electron chi connectivity index (χ2n) is 7.72. The number of hydrogen-bond donors (Lipinski definition) is 3. The maximum atomic E-state index is 12.3. The molecular weight excluding hydrogens is 396 g/mol. The second kappa shape index (κ2) is 8.40. The minimum absolute atomic E-state index is 0.268. The number of aryl methyl sites for hydroxylation is 1. The molecule has 5 nitrogen and oxygen atoms in total. The first kappa shape index (κ1) is 19.6. The van der Waals surface area contributed by atoms with E-state index in [0.717, 1.165) is 50.2 Å². The van der Waals surface area contributed by atoms with Gasteiger partial charge < -0.3 is 10.6 Å². The normalized spacial score (nSPS) is 10.8. The fraction of sp³-hybridized carbons (Fsp3) is 0.0370. The van der Waals surface area contributed by atoms with Crippen molar-refractivity contribution < 1.29 is 4.79 Å². The molecule has 0 atom stereocenters. The molecule has 0 unspecified atom stereocenters. The van der Waals surface area contributed by atoms with Crippen molar-refractivity contribution in [3.63, 3.8) is 0 Å². The van der Waals surface area contributed by atoms with Gasteiger partial charge in [-0.05, 0) is 60.0 Å². The molecule has 156 valence electrons. The van der Waals surface area contributed by atoms with Gasteiger partial charge in [-0.2, -0.15) is 5.10 Å². The van der Waals surface area contributed by atoms with Gasteiger partial charge >= 0.3 is 6.03 Å². The number of nitrogens with zero attached hydrogens (tertiary/aromatic N) is 1. The molecule has 0 aliphatic heterocycles. The van der Waals surface area contributed by atoms with Crippen molar-refractivity contribution in [3.05, 3.63) is 103 Å². The molecule has 0 aliphatic carbocycles. The van der Waals surface area contributed by atoms with E-state index in [2.05, 4.69) is 51.2 Å². The minimum atomic E-state index is -0.268. The molecule has 1 aromatic heterocycles. The number of hydrogen-bond acceptors (Lipinski definition) is 2. The first-order chi connectivity index (χ1) is 15.7. The van der Waals surface area contributed by atoms with Crippen molar-refractivity contribution in [2.24, 2.45) is 0 Å². The lowest BCUT2D eigenvalue weighted by Crippen LogP contribution is -2.19. The first-order valence-electron chi connectivity index (χ1n) is 10.4. The van der Waals surface area contributed by atoms with Gasteiger partial charge in [0.1, 0.15) is 0 Å². The van der Waals surface area contributed by atoms with Gasteiger partial charge in [0.2, 0.25) is 0 Å². The zero-order chi connectivity index (χ0) is 21.9. The number of H-pyrrole nitrogens is 1. The Morgan fingerprint density at radius 1 is 0.719 bits per heavy atom. The quantitative estimate of drug-likeness (QED) is 0.299. The third-order valence-corrected chi connectivity index (χ3v) is 5.36. The molecule has 0 saturated heterocycles. The smallest absolute Gasteiger partial charge is 0.308 e. The van der Waals surface area contributed by atoms with Gasteiger partial charge in [-0.15, -0.1) is 0 Å². The Morgan fingerprint density at radius 2 is 1.47 bits per heavy atom. The van der Waals surface area contributed by atoms with Crippen molar-refractivity contribution >= 4 is 28.3 Å². The Morgan fingerprint density at radius 3 is 2.25 bits per heavy atom. The number of urea groups is 1. The number of aromatic amines is 1. The molecule has 0 saturated carbocycles. The summed E-state index contributed by atoms with van der Waals surface area (Å²) in [4.78, 5) is 12.3. The van der Waals surface area contributed by atoms with Crippen LogP contribution in [0.25, 0.3) is 33.3 Å². The van der Waals surface area contributed by atoms with Gasteiger partial charge in [0.05, 0.1) is 11.2 Å². The van der Waals surface area contributed by atoms with Gasteiger partial charge in [-0.3, -0.25) is 5.10 Å². The molecule has 4 aromatic carbocycles. The molecule has 5 aromatic rings. The Labute approximate surface area is 186 Å². The van der Waals surface area contributed by atoms with Crippen LogP contribution in [0, 0.1) is 6.92 Å². The fourth-order valence-corrected chi connectivity index (χ4v) is 3.78. The average molecular weight is 419 g/mol. The molecule has 1 heterocycles. The van der Waals surface area contributed by atoms with E-state index in [0.29, 0.717) is 0 Å². The highest BCUT2D eigenvalue weighted by atomic mass is 16.2. The predicted octanol–water partition coefficient (Wildman–Crippen LogP) is 6.85. The lowest BCUT2D eigenvalue weighted by atomic mass is 10.0. The second-order valence-corrected chi connectivity index (χ2v) is 7.72. The van der Waals surface area contributed by atoms with Crippen LogP contribution in [-0.4, -0.2) is 16.2 Å². The van der Waals surface area contributed by atoms with E-state index >= 15 is 0 Å². The summed E-state index contributed by atoms with van der Waals surface area (Å²) in [5.74, 6) is 0. The average Bonchev–Trinajstić information content (AvgIpc) is 3.23. The molecule has 0 spiro atoms. The summed E-state index contributed by atoms with van der Waals surface area (Å²) >= 11 is 0. The summed E-state index contributed by atoms with van der Waals surface area (Å²) < 4.78 is 0. The summed E-state index contributed by atoms with van der Waals surface area (Å²) in [6.45, 7) is 1.99. The molecule has 5 rings (SSSR count). The van der Waals surface area contributed by atoms with Crippen molar-refractivity contribution in [1.82, 2.24) is 10.2 Å². The molecule has 0 bridgehead atoms. The SMILES string of the molecule is Cc1cccc(NC(=O)Nc2ccc(-c3ccc4c(-c5ccccc5)n[nH]c4c3)cc2)c1. The van der Waals surface area contributed by atoms with Crippen LogP contribution in [0.15, 0.2) is 97.1 Å². The standard InChI is InChI=1S/C27H22N4O/c1-18-6-5-9-23(16-18)29-27(32)28-22-13-10-19(11-14-22)21-12-15-24-25(17-21)30-31-26(24)20-7-3-2-4-8-20/h2-17H,1H3,(H,30,31)(H2,28,29,32). The molecule has 32 heavy (non-hydrogen) atoms. The zero-order valence-electron chi connectivity index (χ0n) is 17.6. The number of anilines is 2. The lowest BCUT2D eigenvalue weighted by molar-refractivity contribution is 0.262. The Bertz CT molecular complexity index is 1390. The van der Waals surface area contributed by atoms with Crippen LogP contribution >= 0.6 is 0 Å². The highest BCUT2D eigenvalue weighted by Gasteiger charge is 2.09.